The van der Waals surface area contributed by atoms with Crippen LogP contribution in [0.3, 0.4) is 0 Å². The van der Waals surface area contributed by atoms with Gasteiger partial charge in [-0.05, 0) is 42.2 Å². The van der Waals surface area contributed by atoms with Crippen molar-refractivity contribution in [2.45, 2.75) is 31.1 Å². The highest BCUT2D eigenvalue weighted by molar-refractivity contribution is 7.89. The van der Waals surface area contributed by atoms with E-state index < -0.39 is 10.0 Å². The summed E-state index contributed by atoms with van der Waals surface area (Å²) in [5, 5.41) is 9.17. The molecule has 3 N–H and O–H groups in total. The first-order valence-electron chi connectivity index (χ1n) is 8.82. The molecule has 9 heteroatoms. The number of carbonyl (C=O) groups excluding carboxylic acids is 1. The van der Waals surface area contributed by atoms with E-state index in [0.29, 0.717) is 18.0 Å². The fourth-order valence-electron chi connectivity index (χ4n) is 2.76. The third-order valence-electron chi connectivity index (χ3n) is 4.33. The molecule has 0 atom stereocenters. The molecule has 3 rings (SSSR count). The third kappa shape index (κ3) is 5.86. The number of thiazole rings is 1. The fraction of sp³-hybridized carbons (Fsp3) is 0.200. The lowest BCUT2D eigenvalue weighted by Crippen LogP contribution is -2.13. The molecule has 6 nitrogen and oxygen atoms in total. The Balaban J connectivity index is 1.54. The lowest BCUT2D eigenvalue weighted by Gasteiger charge is -2.05. The van der Waals surface area contributed by atoms with Crippen molar-refractivity contribution in [3.63, 3.8) is 0 Å². The summed E-state index contributed by atoms with van der Waals surface area (Å²) in [5.41, 5.74) is 2.90. The van der Waals surface area contributed by atoms with Gasteiger partial charge in [0.05, 0.1) is 4.90 Å². The molecule has 0 unspecified atom stereocenters. The number of sulfonamides is 1. The molecule has 3 aromatic rings. The van der Waals surface area contributed by atoms with Gasteiger partial charge in [-0.3, -0.25) is 4.79 Å². The summed E-state index contributed by atoms with van der Waals surface area (Å²) in [6.07, 6.45) is 3.14. The lowest BCUT2D eigenvalue weighted by atomic mass is 10.1. The molecule has 0 saturated heterocycles. The van der Waals surface area contributed by atoms with Crippen LogP contribution in [0, 0.1) is 6.92 Å². The van der Waals surface area contributed by atoms with E-state index in [1.165, 1.54) is 23.5 Å². The quantitative estimate of drug-likeness (QED) is 0.570. The molecule has 2 aromatic carbocycles. The summed E-state index contributed by atoms with van der Waals surface area (Å²) in [6.45, 7) is 1.96. The van der Waals surface area contributed by atoms with Gasteiger partial charge in [0.25, 0.3) is 0 Å². The van der Waals surface area contributed by atoms with Crippen LogP contribution in [0.1, 0.15) is 28.0 Å². The molecule has 0 radical (unpaired) electrons. The predicted molar refractivity (Wildman–Crippen MR) is 116 cm³/mol. The monoisotopic (exact) mass is 449 g/mol. The average molecular weight is 450 g/mol. The van der Waals surface area contributed by atoms with Gasteiger partial charge in [0.1, 0.15) is 0 Å². The molecular formula is C20H20ClN3O3S2. The Hall–Kier alpha value is -2.26. The van der Waals surface area contributed by atoms with Crippen LogP contribution in [0.25, 0.3) is 0 Å². The Kier molecular flexibility index (Phi) is 6.69. The highest BCUT2D eigenvalue weighted by Crippen LogP contribution is 2.26. The molecule has 152 valence electrons. The average Bonchev–Trinajstić information content (AvgIpc) is 3.10. The van der Waals surface area contributed by atoms with E-state index in [0.717, 1.165) is 26.6 Å². The molecule has 0 fully saturated rings. The van der Waals surface area contributed by atoms with E-state index in [4.69, 9.17) is 16.7 Å². The molecule has 1 amide bonds. The largest absolute Gasteiger partial charge is 0.302 e. The zero-order valence-corrected chi connectivity index (χ0v) is 18.1. The van der Waals surface area contributed by atoms with E-state index in [2.05, 4.69) is 10.3 Å². The van der Waals surface area contributed by atoms with Gasteiger partial charge in [-0.25, -0.2) is 18.5 Å². The number of rotatable bonds is 7. The molecule has 0 saturated carbocycles. The zero-order valence-electron chi connectivity index (χ0n) is 15.7. The summed E-state index contributed by atoms with van der Waals surface area (Å²) in [5.74, 6) is -0.157. The Morgan fingerprint density at radius 1 is 1.21 bits per heavy atom. The van der Waals surface area contributed by atoms with Gasteiger partial charge >= 0.3 is 0 Å². The normalized spacial score (nSPS) is 11.4. The van der Waals surface area contributed by atoms with Crippen molar-refractivity contribution in [3.05, 3.63) is 75.3 Å². The van der Waals surface area contributed by atoms with Crippen molar-refractivity contribution < 1.29 is 13.2 Å². The first-order chi connectivity index (χ1) is 13.7. The van der Waals surface area contributed by atoms with Crippen LogP contribution in [-0.4, -0.2) is 19.3 Å². The molecule has 1 heterocycles. The number of nitrogens with one attached hydrogen (secondary N) is 1. The van der Waals surface area contributed by atoms with Crippen molar-refractivity contribution in [1.29, 1.82) is 0 Å². The standard InChI is InChI=1S/C20H20ClN3O3S2/c1-13-3-2-4-15(19(13)21)11-16-12-23-20(28-16)24-18(25)10-7-14-5-8-17(9-6-14)29(22,26)27/h2-6,8-9,12H,7,10-11H2,1H3,(H2,22,26,27)(H,23,24,25). The second-order valence-electron chi connectivity index (χ2n) is 6.59. The maximum absolute atomic E-state index is 12.2. The van der Waals surface area contributed by atoms with Crippen LogP contribution in [0.2, 0.25) is 5.02 Å². The summed E-state index contributed by atoms with van der Waals surface area (Å²) in [6, 6.07) is 12.1. The summed E-state index contributed by atoms with van der Waals surface area (Å²) in [4.78, 5) is 17.5. The highest BCUT2D eigenvalue weighted by atomic mass is 35.5. The molecule has 0 aliphatic rings. The van der Waals surface area contributed by atoms with Crippen LogP contribution in [-0.2, 0) is 27.7 Å². The number of nitrogens with two attached hydrogens (primary N) is 1. The van der Waals surface area contributed by atoms with Crippen molar-refractivity contribution >= 4 is 44.0 Å². The number of amides is 1. The topological polar surface area (TPSA) is 102 Å². The number of carbonyl (C=O) groups is 1. The molecule has 1 aromatic heterocycles. The number of hydrogen-bond donors (Lipinski definition) is 2. The maximum atomic E-state index is 12.2. The Labute approximate surface area is 178 Å². The molecule has 0 bridgehead atoms. The smallest absolute Gasteiger partial charge is 0.238 e. The number of nitrogens with zero attached hydrogens (tertiary/aromatic N) is 1. The van der Waals surface area contributed by atoms with Gasteiger partial charge in [0.15, 0.2) is 5.13 Å². The SMILES string of the molecule is Cc1cccc(Cc2cnc(NC(=O)CCc3ccc(S(N)(=O)=O)cc3)s2)c1Cl. The minimum Gasteiger partial charge on any atom is -0.302 e. The summed E-state index contributed by atoms with van der Waals surface area (Å²) < 4.78 is 22.5. The second-order valence-corrected chi connectivity index (χ2v) is 9.65. The van der Waals surface area contributed by atoms with Gasteiger partial charge in [-0.2, -0.15) is 0 Å². The summed E-state index contributed by atoms with van der Waals surface area (Å²) >= 11 is 7.76. The van der Waals surface area contributed by atoms with E-state index in [1.807, 2.05) is 25.1 Å². The van der Waals surface area contributed by atoms with Crippen LogP contribution in [0.5, 0.6) is 0 Å². The minimum absolute atomic E-state index is 0.0507. The maximum Gasteiger partial charge on any atom is 0.238 e. The molecule has 29 heavy (non-hydrogen) atoms. The first kappa shape index (κ1) is 21.4. The van der Waals surface area contributed by atoms with Gasteiger partial charge < -0.3 is 5.32 Å². The Bertz CT molecular complexity index is 1130. The summed E-state index contributed by atoms with van der Waals surface area (Å²) in [7, 11) is -3.71. The van der Waals surface area contributed by atoms with Crippen LogP contribution >= 0.6 is 22.9 Å². The fourth-order valence-corrected chi connectivity index (χ4v) is 4.32. The van der Waals surface area contributed by atoms with E-state index in [-0.39, 0.29) is 17.2 Å². The number of hydrogen-bond acceptors (Lipinski definition) is 5. The molecule has 0 aliphatic carbocycles. The van der Waals surface area contributed by atoms with E-state index >= 15 is 0 Å². The van der Waals surface area contributed by atoms with Crippen molar-refractivity contribution in [1.82, 2.24) is 4.98 Å². The van der Waals surface area contributed by atoms with Crippen molar-refractivity contribution in [2.24, 2.45) is 5.14 Å². The molecular weight excluding hydrogens is 430 g/mol. The number of aromatic nitrogens is 1. The number of anilines is 1. The number of aryl methyl sites for hydroxylation is 2. The Morgan fingerprint density at radius 3 is 2.62 bits per heavy atom. The number of primary sulfonamides is 1. The third-order valence-corrected chi connectivity index (χ3v) is 6.71. The van der Waals surface area contributed by atoms with Crippen LogP contribution < -0.4 is 10.5 Å². The zero-order chi connectivity index (χ0) is 21.0. The number of halogens is 1. The molecule has 0 spiro atoms. The predicted octanol–water partition coefficient (Wildman–Crippen LogP) is 3.91. The van der Waals surface area contributed by atoms with Crippen LogP contribution in [0.15, 0.2) is 53.6 Å². The van der Waals surface area contributed by atoms with Gasteiger partial charge in [0.2, 0.25) is 15.9 Å². The van der Waals surface area contributed by atoms with Crippen LogP contribution in [0.4, 0.5) is 5.13 Å². The first-order valence-corrected chi connectivity index (χ1v) is 11.6. The van der Waals surface area contributed by atoms with E-state index in [9.17, 15) is 13.2 Å². The van der Waals surface area contributed by atoms with Gasteiger partial charge in [0, 0.05) is 28.9 Å². The minimum atomic E-state index is -3.71. The van der Waals surface area contributed by atoms with Crippen molar-refractivity contribution in [3.8, 4) is 0 Å². The highest BCUT2D eigenvalue weighted by Gasteiger charge is 2.11. The van der Waals surface area contributed by atoms with Gasteiger partial charge in [-0.1, -0.05) is 41.9 Å². The van der Waals surface area contributed by atoms with Gasteiger partial charge in [-0.15, -0.1) is 11.3 Å². The van der Waals surface area contributed by atoms with E-state index in [1.54, 1.807) is 18.3 Å². The lowest BCUT2D eigenvalue weighted by molar-refractivity contribution is -0.116. The van der Waals surface area contributed by atoms with Crippen molar-refractivity contribution in [2.75, 3.05) is 5.32 Å². The second kappa shape index (κ2) is 9.04. The Morgan fingerprint density at radius 2 is 1.93 bits per heavy atom. The molecule has 0 aliphatic heterocycles. The number of benzene rings is 2.